The van der Waals surface area contributed by atoms with Crippen molar-refractivity contribution >= 4 is 17.6 Å². The highest BCUT2D eigenvalue weighted by molar-refractivity contribution is 8.00. The molecule has 0 spiro atoms. The van der Waals surface area contributed by atoms with Gasteiger partial charge in [0.2, 0.25) is 0 Å². The highest BCUT2D eigenvalue weighted by atomic mass is 32.2. The van der Waals surface area contributed by atoms with E-state index in [1.165, 1.54) is 16.3 Å². The molecule has 4 atom stereocenters. The molecule has 0 radical (unpaired) electrons. The van der Waals surface area contributed by atoms with E-state index in [9.17, 15) is 9.90 Å². The topological polar surface area (TPSA) is 99.6 Å². The lowest BCUT2D eigenvalue weighted by Gasteiger charge is -2.23. The van der Waals surface area contributed by atoms with Crippen molar-refractivity contribution < 1.29 is 14.6 Å². The number of aromatic nitrogens is 2. The van der Waals surface area contributed by atoms with E-state index in [1.54, 1.807) is 12.3 Å². The molecule has 7 nitrogen and oxygen atoms in total. The summed E-state index contributed by atoms with van der Waals surface area (Å²) in [6.07, 6.45) is 1.07. The zero-order valence-electron chi connectivity index (χ0n) is 11.2. The fraction of sp³-hybridized carbons (Fsp3) is 0.667. The third kappa shape index (κ3) is 2.22. The fourth-order valence-corrected chi connectivity index (χ4v) is 4.12. The lowest BCUT2D eigenvalue weighted by atomic mass is 10.1. The van der Waals surface area contributed by atoms with Gasteiger partial charge in [-0.05, 0) is 19.9 Å². The van der Waals surface area contributed by atoms with Crippen LogP contribution < -0.4 is 11.4 Å². The first-order valence-corrected chi connectivity index (χ1v) is 7.32. The summed E-state index contributed by atoms with van der Waals surface area (Å²) in [4.78, 5) is 15.7. The second-order valence-corrected chi connectivity index (χ2v) is 6.72. The smallest absolute Gasteiger partial charge is 0.350 e. The number of hydrogen-bond acceptors (Lipinski definition) is 7. The SMILES string of the molecule is CC1(C)OC2[C@@H](CO)S[C@@H](n3ccc(N)nc3=O)[C@H]2O1. The van der Waals surface area contributed by atoms with Crippen molar-refractivity contribution in [2.75, 3.05) is 12.3 Å². The van der Waals surface area contributed by atoms with E-state index in [4.69, 9.17) is 15.2 Å². The number of rotatable bonds is 2. The number of anilines is 1. The molecule has 1 aromatic rings. The molecular weight excluding hydrogens is 282 g/mol. The first-order chi connectivity index (χ1) is 9.41. The summed E-state index contributed by atoms with van der Waals surface area (Å²) in [6.45, 7) is 3.62. The van der Waals surface area contributed by atoms with Crippen LogP contribution >= 0.6 is 11.8 Å². The molecular formula is C12H17N3O4S. The van der Waals surface area contributed by atoms with E-state index >= 15 is 0 Å². The van der Waals surface area contributed by atoms with Gasteiger partial charge in [-0.15, -0.1) is 11.8 Å². The number of nitrogens with zero attached hydrogens (tertiary/aromatic N) is 2. The van der Waals surface area contributed by atoms with Crippen molar-refractivity contribution in [3.63, 3.8) is 0 Å². The molecule has 1 aromatic heterocycles. The molecule has 0 bridgehead atoms. The molecule has 20 heavy (non-hydrogen) atoms. The lowest BCUT2D eigenvalue weighted by molar-refractivity contribution is -0.149. The maximum absolute atomic E-state index is 12.0. The largest absolute Gasteiger partial charge is 0.395 e. The summed E-state index contributed by atoms with van der Waals surface area (Å²) in [5.74, 6) is -0.527. The third-order valence-electron chi connectivity index (χ3n) is 3.43. The summed E-state index contributed by atoms with van der Waals surface area (Å²) in [5, 5.41) is 9.08. The highest BCUT2D eigenvalue weighted by Crippen LogP contribution is 2.50. The summed E-state index contributed by atoms with van der Waals surface area (Å²) in [6, 6.07) is 1.57. The molecule has 3 rings (SSSR count). The number of aliphatic hydroxyl groups excluding tert-OH is 1. The van der Waals surface area contributed by atoms with Crippen LogP contribution in [0.1, 0.15) is 19.2 Å². The average molecular weight is 299 g/mol. The number of ether oxygens (including phenoxy) is 2. The van der Waals surface area contributed by atoms with Gasteiger partial charge >= 0.3 is 5.69 Å². The molecule has 1 unspecified atom stereocenters. The van der Waals surface area contributed by atoms with Crippen LogP contribution in [0.2, 0.25) is 0 Å². The van der Waals surface area contributed by atoms with Crippen LogP contribution in [0.25, 0.3) is 0 Å². The van der Waals surface area contributed by atoms with Gasteiger partial charge in [0.1, 0.15) is 23.4 Å². The third-order valence-corrected chi connectivity index (χ3v) is 4.97. The van der Waals surface area contributed by atoms with Crippen LogP contribution in [0.4, 0.5) is 5.82 Å². The van der Waals surface area contributed by atoms with Crippen LogP contribution in [-0.4, -0.2) is 44.5 Å². The van der Waals surface area contributed by atoms with E-state index in [0.717, 1.165) is 0 Å². The van der Waals surface area contributed by atoms with E-state index in [0.29, 0.717) is 0 Å². The summed E-state index contributed by atoms with van der Waals surface area (Å²) in [7, 11) is 0. The number of thioether (sulfide) groups is 1. The van der Waals surface area contributed by atoms with Crippen molar-refractivity contribution in [3.05, 3.63) is 22.7 Å². The maximum Gasteiger partial charge on any atom is 0.350 e. The van der Waals surface area contributed by atoms with Crippen molar-refractivity contribution in [1.82, 2.24) is 9.55 Å². The monoisotopic (exact) mass is 299 g/mol. The second-order valence-electron chi connectivity index (χ2n) is 5.35. The predicted molar refractivity (Wildman–Crippen MR) is 74.2 cm³/mol. The van der Waals surface area contributed by atoms with Crippen LogP contribution in [0.3, 0.4) is 0 Å². The van der Waals surface area contributed by atoms with Gasteiger partial charge in [0.15, 0.2) is 5.79 Å². The Hall–Kier alpha value is -1.09. The van der Waals surface area contributed by atoms with Crippen LogP contribution in [-0.2, 0) is 9.47 Å². The Bertz CT molecular complexity index is 576. The molecule has 0 aromatic carbocycles. The van der Waals surface area contributed by atoms with Crippen molar-refractivity contribution in [2.24, 2.45) is 0 Å². The van der Waals surface area contributed by atoms with Gasteiger partial charge in [0.05, 0.1) is 11.9 Å². The molecule has 110 valence electrons. The van der Waals surface area contributed by atoms with Gasteiger partial charge in [-0.2, -0.15) is 4.98 Å². The van der Waals surface area contributed by atoms with Gasteiger partial charge in [-0.1, -0.05) is 0 Å². The second kappa shape index (κ2) is 4.73. The lowest BCUT2D eigenvalue weighted by Crippen LogP contribution is -2.34. The highest BCUT2D eigenvalue weighted by Gasteiger charge is 2.55. The van der Waals surface area contributed by atoms with Crippen LogP contribution in [0.5, 0.6) is 0 Å². The number of fused-ring (bicyclic) bond motifs is 1. The minimum Gasteiger partial charge on any atom is -0.395 e. The van der Waals surface area contributed by atoms with Crippen LogP contribution in [0, 0.1) is 0 Å². The van der Waals surface area contributed by atoms with Crippen molar-refractivity contribution in [2.45, 2.75) is 42.5 Å². The minimum atomic E-state index is -0.715. The van der Waals surface area contributed by atoms with E-state index in [-0.39, 0.29) is 35.3 Å². The molecule has 0 aliphatic carbocycles. The first kappa shape index (κ1) is 13.9. The van der Waals surface area contributed by atoms with Crippen LogP contribution in [0.15, 0.2) is 17.1 Å². The Morgan fingerprint density at radius 1 is 1.50 bits per heavy atom. The quantitative estimate of drug-likeness (QED) is 0.790. The Labute approximate surface area is 120 Å². The summed E-state index contributed by atoms with van der Waals surface area (Å²) >= 11 is 1.46. The molecule has 2 fully saturated rings. The van der Waals surface area contributed by atoms with E-state index in [1.807, 2.05) is 13.8 Å². The Morgan fingerprint density at radius 2 is 2.20 bits per heavy atom. The molecule has 2 saturated heterocycles. The number of nitrogens with two attached hydrogens (primary N) is 1. The molecule has 0 saturated carbocycles. The summed E-state index contributed by atoms with van der Waals surface area (Å²) < 4.78 is 13.2. The molecule has 2 aliphatic rings. The van der Waals surface area contributed by atoms with Gasteiger partial charge in [0, 0.05) is 6.20 Å². The zero-order valence-corrected chi connectivity index (χ0v) is 12.0. The zero-order chi connectivity index (χ0) is 14.5. The van der Waals surface area contributed by atoms with Gasteiger partial charge in [-0.3, -0.25) is 4.57 Å². The minimum absolute atomic E-state index is 0.0288. The first-order valence-electron chi connectivity index (χ1n) is 6.38. The Balaban J connectivity index is 1.96. The van der Waals surface area contributed by atoms with Crippen molar-refractivity contribution in [3.8, 4) is 0 Å². The Kier molecular flexibility index (Phi) is 3.28. The maximum atomic E-state index is 12.0. The number of aliphatic hydroxyl groups is 1. The van der Waals surface area contributed by atoms with Gasteiger partial charge in [0.25, 0.3) is 0 Å². The summed E-state index contributed by atoms with van der Waals surface area (Å²) in [5.41, 5.74) is 5.08. The molecule has 2 aliphatic heterocycles. The average Bonchev–Trinajstić information content (AvgIpc) is 2.83. The molecule has 0 amide bonds. The van der Waals surface area contributed by atoms with Gasteiger partial charge < -0.3 is 20.3 Å². The predicted octanol–water partition coefficient (Wildman–Crippen LogP) is -0.0481. The Morgan fingerprint density at radius 3 is 2.85 bits per heavy atom. The fourth-order valence-electron chi connectivity index (χ4n) is 2.65. The van der Waals surface area contributed by atoms with E-state index < -0.39 is 11.5 Å². The van der Waals surface area contributed by atoms with Crippen molar-refractivity contribution in [1.29, 1.82) is 0 Å². The number of hydrogen-bond donors (Lipinski definition) is 2. The van der Waals surface area contributed by atoms with E-state index in [2.05, 4.69) is 4.98 Å². The number of nitrogen functional groups attached to an aromatic ring is 1. The molecule has 3 N–H and O–H groups in total. The normalized spacial score (nSPS) is 35.1. The molecule has 3 heterocycles. The standard InChI is InChI=1S/C12H17N3O4S/c1-12(2)18-8-6(5-16)20-10(9(8)19-12)15-4-3-7(13)14-11(15)17/h3-4,6,8-10,16H,5H2,1-2H3,(H2,13,14,17)/t6-,8?,9+,10-/m1/s1. The van der Waals surface area contributed by atoms with Gasteiger partial charge in [-0.25, -0.2) is 4.79 Å². The molecule has 8 heteroatoms.